The molecule has 1 aliphatic heterocycles. The van der Waals surface area contributed by atoms with Gasteiger partial charge in [-0.25, -0.2) is 14.1 Å². The van der Waals surface area contributed by atoms with Crippen LogP contribution in [0, 0.1) is 5.82 Å². The molecule has 12 heteroatoms. The highest BCUT2D eigenvalue weighted by Gasteiger charge is 2.43. The molecule has 0 amide bonds. The Hall–Kier alpha value is -3.55. The van der Waals surface area contributed by atoms with Crippen molar-refractivity contribution in [1.82, 2.24) is 25.0 Å². The first-order valence-electron chi connectivity index (χ1n) is 10.4. The summed E-state index contributed by atoms with van der Waals surface area (Å²) in [6.45, 7) is -0.0717. The molecular weight excluding hydrogens is 449 g/mol. The number of benzene rings is 1. The Balaban J connectivity index is 1.45. The average molecular weight is 469 g/mol. The number of oxazole rings is 1. The Morgan fingerprint density at radius 3 is 2.38 bits per heavy atom. The molecule has 4 aromatic rings. The molecule has 1 aliphatic rings. The number of ether oxygens (including phenoxy) is 1. The Morgan fingerprint density at radius 1 is 0.912 bits per heavy atom. The van der Waals surface area contributed by atoms with Crippen LogP contribution in [0.5, 0.6) is 0 Å². The van der Waals surface area contributed by atoms with Crippen LogP contribution in [0.3, 0.4) is 0 Å². The lowest BCUT2D eigenvalue weighted by Gasteiger charge is -2.38. The van der Waals surface area contributed by atoms with Crippen molar-refractivity contribution in [2.75, 3.05) is 0 Å². The molecule has 0 aliphatic carbocycles. The van der Waals surface area contributed by atoms with Crippen molar-refractivity contribution in [1.29, 1.82) is 0 Å². The zero-order valence-electron chi connectivity index (χ0n) is 17.5. The number of aromatic nitrogens is 5. The standard InChI is InChI=1S/C22H20FN5O6/c23-13-3-1-11(2-4-13)16-20(12-5-7-24-8-6-12)34-21(25-16)14-9-28(27-26-14)10-15-17(29)18(30)19(31)22(32)33-15/h1-9,15,17-19,22,29-32H,10H2/t15-,17-,18+,19-,22-/m1/s1. The van der Waals surface area contributed by atoms with Gasteiger partial charge in [-0.3, -0.25) is 4.98 Å². The van der Waals surface area contributed by atoms with Crippen molar-refractivity contribution < 1.29 is 34.0 Å². The lowest BCUT2D eigenvalue weighted by molar-refractivity contribution is -0.284. The predicted molar refractivity (Wildman–Crippen MR) is 113 cm³/mol. The van der Waals surface area contributed by atoms with Gasteiger partial charge in [0.25, 0.3) is 0 Å². The van der Waals surface area contributed by atoms with Gasteiger partial charge in [-0.2, -0.15) is 0 Å². The minimum absolute atomic E-state index is 0.0717. The van der Waals surface area contributed by atoms with E-state index in [1.165, 1.54) is 23.0 Å². The number of aliphatic hydroxyl groups excluding tert-OH is 4. The summed E-state index contributed by atoms with van der Waals surface area (Å²) in [5.41, 5.74) is 2.09. The Labute approximate surface area is 191 Å². The van der Waals surface area contributed by atoms with Crippen molar-refractivity contribution in [2.45, 2.75) is 37.3 Å². The number of nitrogens with zero attached hydrogens (tertiary/aromatic N) is 5. The summed E-state index contributed by atoms with van der Waals surface area (Å²) in [7, 11) is 0. The molecule has 0 spiro atoms. The van der Waals surface area contributed by atoms with E-state index >= 15 is 0 Å². The van der Waals surface area contributed by atoms with E-state index in [1.807, 2.05) is 0 Å². The first-order chi connectivity index (χ1) is 16.4. The average Bonchev–Trinajstić information content (AvgIpc) is 3.50. The molecule has 5 rings (SSSR count). The lowest BCUT2D eigenvalue weighted by atomic mass is 9.99. The minimum atomic E-state index is -1.65. The normalized spacial score (nSPS) is 24.9. The van der Waals surface area contributed by atoms with Gasteiger partial charge in [0.05, 0.1) is 12.7 Å². The van der Waals surface area contributed by atoms with Gasteiger partial charge in [-0.1, -0.05) is 5.21 Å². The molecule has 0 unspecified atom stereocenters. The van der Waals surface area contributed by atoms with E-state index in [9.17, 15) is 24.8 Å². The van der Waals surface area contributed by atoms with Crippen LogP contribution in [0.1, 0.15) is 0 Å². The van der Waals surface area contributed by atoms with Crippen LogP contribution in [0.4, 0.5) is 4.39 Å². The van der Waals surface area contributed by atoms with E-state index in [-0.39, 0.29) is 23.9 Å². The molecule has 34 heavy (non-hydrogen) atoms. The third-order valence-corrected chi connectivity index (χ3v) is 5.50. The van der Waals surface area contributed by atoms with E-state index in [0.29, 0.717) is 22.6 Å². The molecule has 0 bridgehead atoms. The second kappa shape index (κ2) is 9.00. The Kier molecular flexibility index (Phi) is 5.89. The summed E-state index contributed by atoms with van der Waals surface area (Å²) in [5.74, 6) is 0.207. The number of aliphatic hydroxyl groups is 4. The molecule has 1 aromatic carbocycles. The molecule has 4 N–H and O–H groups in total. The van der Waals surface area contributed by atoms with Gasteiger partial charge < -0.3 is 29.6 Å². The van der Waals surface area contributed by atoms with E-state index in [4.69, 9.17) is 9.15 Å². The largest absolute Gasteiger partial charge is 0.434 e. The van der Waals surface area contributed by atoms with Crippen LogP contribution < -0.4 is 0 Å². The molecule has 0 radical (unpaired) electrons. The molecular formula is C22H20FN5O6. The first kappa shape index (κ1) is 22.3. The van der Waals surface area contributed by atoms with Gasteiger partial charge in [0, 0.05) is 23.5 Å². The van der Waals surface area contributed by atoms with Crippen LogP contribution in [0.2, 0.25) is 0 Å². The fourth-order valence-electron chi connectivity index (χ4n) is 3.68. The van der Waals surface area contributed by atoms with Crippen molar-refractivity contribution in [3.63, 3.8) is 0 Å². The minimum Gasteiger partial charge on any atom is -0.434 e. The quantitative estimate of drug-likeness (QED) is 0.326. The van der Waals surface area contributed by atoms with Gasteiger partial charge in [0.2, 0.25) is 5.89 Å². The summed E-state index contributed by atoms with van der Waals surface area (Å²) in [6, 6.07) is 9.33. The maximum Gasteiger partial charge on any atom is 0.249 e. The van der Waals surface area contributed by atoms with Crippen molar-refractivity contribution in [3.8, 4) is 34.2 Å². The lowest BCUT2D eigenvalue weighted by Crippen LogP contribution is -2.58. The molecule has 1 saturated heterocycles. The number of halogens is 1. The van der Waals surface area contributed by atoms with Crippen LogP contribution in [0.15, 0.2) is 59.4 Å². The molecule has 176 valence electrons. The molecule has 11 nitrogen and oxygen atoms in total. The van der Waals surface area contributed by atoms with Crippen molar-refractivity contribution in [3.05, 3.63) is 60.8 Å². The third-order valence-electron chi connectivity index (χ3n) is 5.50. The maximum absolute atomic E-state index is 13.4. The Bertz CT molecular complexity index is 1260. The summed E-state index contributed by atoms with van der Waals surface area (Å²) >= 11 is 0. The zero-order valence-corrected chi connectivity index (χ0v) is 17.5. The first-order valence-corrected chi connectivity index (χ1v) is 10.4. The van der Waals surface area contributed by atoms with Crippen LogP contribution in [-0.4, -0.2) is 76.1 Å². The van der Waals surface area contributed by atoms with E-state index in [0.717, 1.165) is 0 Å². The van der Waals surface area contributed by atoms with Gasteiger partial charge in [-0.05, 0) is 36.4 Å². The van der Waals surface area contributed by atoms with E-state index in [1.54, 1.807) is 36.7 Å². The number of rotatable bonds is 5. The van der Waals surface area contributed by atoms with Crippen molar-refractivity contribution in [2.24, 2.45) is 0 Å². The second-order valence-electron chi connectivity index (χ2n) is 7.80. The van der Waals surface area contributed by atoms with Crippen LogP contribution >= 0.6 is 0 Å². The number of pyridine rings is 1. The molecule has 5 atom stereocenters. The third kappa shape index (κ3) is 4.20. The van der Waals surface area contributed by atoms with Gasteiger partial charge in [0.15, 0.2) is 17.7 Å². The highest BCUT2D eigenvalue weighted by atomic mass is 19.1. The van der Waals surface area contributed by atoms with E-state index < -0.39 is 30.7 Å². The summed E-state index contributed by atoms with van der Waals surface area (Å²) < 4.78 is 26.0. The van der Waals surface area contributed by atoms with Gasteiger partial charge in [-0.15, -0.1) is 5.10 Å². The fraction of sp³-hybridized carbons (Fsp3) is 0.273. The summed E-state index contributed by atoms with van der Waals surface area (Å²) in [5, 5.41) is 47.4. The molecule has 1 fully saturated rings. The smallest absolute Gasteiger partial charge is 0.249 e. The van der Waals surface area contributed by atoms with E-state index in [2.05, 4.69) is 20.3 Å². The highest BCUT2D eigenvalue weighted by Crippen LogP contribution is 2.35. The second-order valence-corrected chi connectivity index (χ2v) is 7.80. The molecule has 4 heterocycles. The van der Waals surface area contributed by atoms with Gasteiger partial charge in [0.1, 0.15) is 35.9 Å². The van der Waals surface area contributed by atoms with Crippen LogP contribution in [0.25, 0.3) is 34.2 Å². The predicted octanol–water partition coefficient (Wildman–Crippen LogP) is 0.601. The maximum atomic E-state index is 13.4. The fourth-order valence-corrected chi connectivity index (χ4v) is 3.68. The summed E-state index contributed by atoms with van der Waals surface area (Å²) in [4.78, 5) is 8.56. The van der Waals surface area contributed by atoms with Crippen LogP contribution in [-0.2, 0) is 11.3 Å². The molecule has 3 aromatic heterocycles. The molecule has 0 saturated carbocycles. The number of hydrogen-bond donors (Lipinski definition) is 4. The summed E-state index contributed by atoms with van der Waals surface area (Å²) in [6.07, 6.45) is -2.64. The van der Waals surface area contributed by atoms with Crippen molar-refractivity contribution >= 4 is 0 Å². The SMILES string of the molecule is O[C@@H]1[C@@H](O)[C@H](O)O[C@H](Cn2cc(-c3nc(-c4ccc(F)cc4)c(-c4ccncc4)o3)nn2)[C@H]1O. The monoisotopic (exact) mass is 469 g/mol. The highest BCUT2D eigenvalue weighted by molar-refractivity contribution is 5.78. The van der Waals surface area contributed by atoms with Gasteiger partial charge >= 0.3 is 0 Å². The zero-order chi connectivity index (χ0) is 23.8. The topological polar surface area (TPSA) is 160 Å². The Morgan fingerprint density at radius 2 is 1.65 bits per heavy atom. The number of hydrogen-bond acceptors (Lipinski definition) is 10.